The van der Waals surface area contributed by atoms with Crippen LogP contribution in [0.3, 0.4) is 0 Å². The molecule has 1 saturated carbocycles. The average Bonchev–Trinajstić information content (AvgIpc) is 3.49. The van der Waals surface area contributed by atoms with Gasteiger partial charge in [0.2, 0.25) is 20.0 Å². The fourth-order valence-electron chi connectivity index (χ4n) is 11.5. The van der Waals surface area contributed by atoms with Crippen LogP contribution in [-0.2, 0) is 40.7 Å². The number of aryl methyl sites for hydroxylation is 2. The second-order valence-electron chi connectivity index (χ2n) is 20.7. The fraction of sp³-hybridized carbons (Fsp3) is 0.294. The van der Waals surface area contributed by atoms with E-state index in [0.29, 0.717) is 64.6 Å². The summed E-state index contributed by atoms with van der Waals surface area (Å²) < 4.78 is 78.5. The van der Waals surface area contributed by atoms with Gasteiger partial charge in [0, 0.05) is 38.4 Å². The molecule has 0 aliphatic heterocycles. The van der Waals surface area contributed by atoms with Gasteiger partial charge >= 0.3 is 0 Å². The molecule has 1 fully saturated rings. The SMILES string of the molecule is Cc1ccc(S(=O)(=O)N(CCCCCOC(c2ccccc2)(c2ccccc2)c2ccccc2)[C@@H]2CCCC[C@H]2N(CCCCCOC(c2ccccc2)(c2ccccc2)c2ccccc2)S(=O)(=O)c2ccc(C)cc2)cc1. The number of hydrogen-bond donors (Lipinski definition) is 0. The van der Waals surface area contributed by atoms with E-state index in [1.54, 1.807) is 32.9 Å². The van der Waals surface area contributed by atoms with Crippen LogP contribution in [0.4, 0.5) is 0 Å². The Labute approximate surface area is 464 Å². The van der Waals surface area contributed by atoms with Crippen molar-refractivity contribution in [1.82, 2.24) is 8.61 Å². The van der Waals surface area contributed by atoms with Crippen molar-refractivity contribution in [2.45, 2.75) is 111 Å². The van der Waals surface area contributed by atoms with Crippen LogP contribution in [0.25, 0.3) is 0 Å². The van der Waals surface area contributed by atoms with Crippen LogP contribution >= 0.6 is 0 Å². The maximum absolute atomic E-state index is 15.2. The van der Waals surface area contributed by atoms with Crippen LogP contribution in [-0.4, -0.2) is 63.8 Å². The van der Waals surface area contributed by atoms with Gasteiger partial charge in [-0.05, 0) is 123 Å². The highest BCUT2D eigenvalue weighted by Gasteiger charge is 2.44. The molecular formula is C68H74N2O6S2. The minimum Gasteiger partial charge on any atom is -0.361 e. The lowest BCUT2D eigenvalue weighted by Gasteiger charge is -2.44. The van der Waals surface area contributed by atoms with Crippen LogP contribution in [0.2, 0.25) is 0 Å². The largest absolute Gasteiger partial charge is 0.361 e. The molecule has 0 heterocycles. The number of rotatable bonds is 26. The molecule has 0 spiro atoms. The van der Waals surface area contributed by atoms with E-state index in [4.69, 9.17) is 9.47 Å². The van der Waals surface area contributed by atoms with E-state index < -0.39 is 43.3 Å². The van der Waals surface area contributed by atoms with Gasteiger partial charge in [0.15, 0.2) is 0 Å². The molecule has 0 saturated heterocycles. The molecule has 0 N–H and O–H groups in total. The van der Waals surface area contributed by atoms with Crippen molar-refractivity contribution in [3.8, 4) is 0 Å². The first-order valence-electron chi connectivity index (χ1n) is 27.8. The molecular weight excluding hydrogens is 1000 g/mol. The molecule has 8 aromatic rings. The van der Waals surface area contributed by atoms with Crippen molar-refractivity contribution >= 4 is 20.0 Å². The molecule has 8 aromatic carbocycles. The summed E-state index contributed by atoms with van der Waals surface area (Å²) >= 11 is 0. The molecule has 0 aromatic heterocycles. The van der Waals surface area contributed by atoms with E-state index in [9.17, 15) is 0 Å². The Kier molecular flexibility index (Phi) is 19.1. The lowest BCUT2D eigenvalue weighted by Crippen LogP contribution is -2.56. The van der Waals surface area contributed by atoms with E-state index in [1.165, 1.54) is 0 Å². The zero-order chi connectivity index (χ0) is 54.3. The topological polar surface area (TPSA) is 93.2 Å². The summed E-state index contributed by atoms with van der Waals surface area (Å²) in [5.41, 5.74) is 6.33. The number of nitrogens with zero attached hydrogens (tertiary/aromatic N) is 2. The van der Waals surface area contributed by atoms with Gasteiger partial charge in [-0.15, -0.1) is 0 Å². The zero-order valence-electron chi connectivity index (χ0n) is 45.2. The molecule has 78 heavy (non-hydrogen) atoms. The van der Waals surface area contributed by atoms with Crippen LogP contribution in [0, 0.1) is 13.8 Å². The Morgan fingerprint density at radius 3 is 0.872 bits per heavy atom. The second kappa shape index (κ2) is 26.4. The van der Waals surface area contributed by atoms with Crippen molar-refractivity contribution in [3.05, 3.63) is 275 Å². The van der Waals surface area contributed by atoms with Gasteiger partial charge in [-0.25, -0.2) is 16.8 Å². The summed E-state index contributed by atoms with van der Waals surface area (Å²) in [5, 5.41) is 0. The normalized spacial score (nSPS) is 15.4. The van der Waals surface area contributed by atoms with Crippen molar-refractivity contribution in [1.29, 1.82) is 0 Å². The van der Waals surface area contributed by atoms with Gasteiger partial charge in [-0.1, -0.05) is 230 Å². The van der Waals surface area contributed by atoms with E-state index in [0.717, 1.165) is 57.3 Å². The van der Waals surface area contributed by atoms with Gasteiger partial charge in [-0.3, -0.25) is 0 Å². The third-order valence-electron chi connectivity index (χ3n) is 15.5. The minimum atomic E-state index is -4.08. The smallest absolute Gasteiger partial charge is 0.243 e. The molecule has 0 amide bonds. The number of unbranched alkanes of at least 4 members (excludes halogenated alkanes) is 4. The van der Waals surface area contributed by atoms with E-state index in [-0.39, 0.29) is 22.9 Å². The number of sulfonamides is 2. The summed E-state index contributed by atoms with van der Waals surface area (Å²) in [5.74, 6) is 0. The van der Waals surface area contributed by atoms with Crippen molar-refractivity contribution in [3.63, 3.8) is 0 Å². The quantitative estimate of drug-likeness (QED) is 0.0396. The van der Waals surface area contributed by atoms with Crippen molar-refractivity contribution in [2.75, 3.05) is 26.3 Å². The molecule has 404 valence electrons. The third-order valence-corrected chi connectivity index (χ3v) is 19.3. The fourth-order valence-corrected chi connectivity index (χ4v) is 14.9. The van der Waals surface area contributed by atoms with Gasteiger partial charge < -0.3 is 9.47 Å². The third kappa shape index (κ3) is 12.7. The Morgan fingerprint density at radius 2 is 0.615 bits per heavy atom. The van der Waals surface area contributed by atoms with Crippen LogP contribution in [0.1, 0.15) is 109 Å². The molecule has 2 atom stereocenters. The first-order valence-corrected chi connectivity index (χ1v) is 30.7. The highest BCUT2D eigenvalue weighted by atomic mass is 32.2. The van der Waals surface area contributed by atoms with Gasteiger partial charge in [0.05, 0.1) is 9.79 Å². The van der Waals surface area contributed by atoms with Crippen LogP contribution in [0.5, 0.6) is 0 Å². The summed E-state index contributed by atoms with van der Waals surface area (Å²) in [4.78, 5) is 0.425. The molecule has 1 aliphatic carbocycles. The molecule has 0 radical (unpaired) electrons. The van der Waals surface area contributed by atoms with Crippen molar-refractivity contribution in [2.24, 2.45) is 0 Å². The molecule has 0 unspecified atom stereocenters. The maximum atomic E-state index is 15.2. The average molecular weight is 1080 g/mol. The van der Waals surface area contributed by atoms with Gasteiger partial charge in [0.1, 0.15) is 11.2 Å². The van der Waals surface area contributed by atoms with Crippen LogP contribution < -0.4 is 0 Å². The van der Waals surface area contributed by atoms with E-state index in [2.05, 4.69) is 72.8 Å². The van der Waals surface area contributed by atoms with Gasteiger partial charge in [0.25, 0.3) is 0 Å². The van der Waals surface area contributed by atoms with Gasteiger partial charge in [-0.2, -0.15) is 8.61 Å². The van der Waals surface area contributed by atoms with E-state index in [1.807, 2.05) is 147 Å². The Hall–Kier alpha value is -6.50. The first-order chi connectivity index (χ1) is 38.0. The number of hydrogen-bond acceptors (Lipinski definition) is 6. The number of benzene rings is 8. The summed E-state index contributed by atoms with van der Waals surface area (Å²) in [6.07, 6.45) is 6.54. The monoisotopic (exact) mass is 1080 g/mol. The second-order valence-corrected chi connectivity index (χ2v) is 24.4. The van der Waals surface area contributed by atoms with Crippen LogP contribution in [0.15, 0.2) is 240 Å². The lowest BCUT2D eigenvalue weighted by atomic mass is 9.80. The predicted octanol–water partition coefficient (Wildman–Crippen LogP) is 14.7. The molecule has 0 bridgehead atoms. The summed E-state index contributed by atoms with van der Waals surface area (Å²) in [6.45, 7) is 5.22. The standard InChI is InChI=1S/C68H74N2O6S2/c1-55-43-47-63(48-44-55)77(71,72)69(51-25-9-27-53-75-67(57-29-11-3-12-30-57,58-31-13-4-14-32-58)59-33-15-5-16-34-59)65-41-23-24-42-66(65)70(78(73,74)64-49-45-56(2)46-50-64)52-26-10-28-54-76-68(60-35-17-6-18-36-60,61-37-19-7-20-38-61)62-39-21-8-22-40-62/h3-8,11-22,29-40,43-50,65-66H,9-10,23-28,41-42,51-54H2,1-2H3/t65-,66-/m1/s1. The lowest BCUT2D eigenvalue weighted by molar-refractivity contribution is 0.0102. The first kappa shape index (κ1) is 56.2. The Morgan fingerprint density at radius 1 is 0.359 bits per heavy atom. The Bertz CT molecular complexity index is 2880. The highest BCUT2D eigenvalue weighted by molar-refractivity contribution is 7.89. The summed E-state index contributed by atoms with van der Waals surface area (Å²) in [7, 11) is -8.15. The summed E-state index contributed by atoms with van der Waals surface area (Å²) in [6, 6.07) is 74.8. The molecule has 8 nitrogen and oxygen atoms in total. The molecule has 1 aliphatic rings. The predicted molar refractivity (Wildman–Crippen MR) is 314 cm³/mol. The molecule has 9 rings (SSSR count). The Balaban J connectivity index is 0.960. The van der Waals surface area contributed by atoms with Crippen molar-refractivity contribution < 1.29 is 26.3 Å². The van der Waals surface area contributed by atoms with E-state index >= 15 is 16.8 Å². The minimum absolute atomic E-state index is 0.213. The maximum Gasteiger partial charge on any atom is 0.243 e. The number of ether oxygens (including phenoxy) is 2. The highest BCUT2D eigenvalue weighted by Crippen LogP contribution is 2.43. The zero-order valence-corrected chi connectivity index (χ0v) is 46.8. The molecule has 10 heteroatoms.